The molecule has 0 spiro atoms. The Morgan fingerprint density at radius 3 is 2.70 bits per heavy atom. The van der Waals surface area contributed by atoms with Gasteiger partial charge in [0.15, 0.2) is 6.10 Å². The van der Waals surface area contributed by atoms with E-state index in [1.165, 1.54) is 0 Å². The summed E-state index contributed by atoms with van der Waals surface area (Å²) in [5.74, 6) is -0.799. The van der Waals surface area contributed by atoms with Crippen molar-refractivity contribution >= 4 is 22.8 Å². The van der Waals surface area contributed by atoms with E-state index in [0.29, 0.717) is 31.8 Å². The lowest BCUT2D eigenvalue weighted by Crippen LogP contribution is -2.46. The standard InChI is InChI=1S/C17H18N2O4/c1-12(16(20)19-8-10-22-11-9-19)23-17(21)15-7-6-13-4-2-3-5-14(13)18-15/h2-7,12H,8-11H2,1H3. The molecule has 1 fully saturated rings. The fraction of sp³-hybridized carbons (Fsp3) is 0.353. The molecule has 120 valence electrons. The second-order valence-corrected chi connectivity index (χ2v) is 5.37. The molecule has 0 aliphatic carbocycles. The fourth-order valence-electron chi connectivity index (χ4n) is 2.49. The van der Waals surface area contributed by atoms with E-state index in [1.807, 2.05) is 30.3 Å². The third kappa shape index (κ3) is 3.48. The predicted octanol–water partition coefficient (Wildman–Crippen LogP) is 1.64. The van der Waals surface area contributed by atoms with Crippen LogP contribution in [0.2, 0.25) is 0 Å². The predicted molar refractivity (Wildman–Crippen MR) is 84.0 cm³/mol. The highest BCUT2D eigenvalue weighted by molar-refractivity contribution is 5.93. The molecule has 1 aliphatic heterocycles. The minimum Gasteiger partial charge on any atom is -0.448 e. The highest BCUT2D eigenvalue weighted by atomic mass is 16.5. The molecule has 0 bridgehead atoms. The molecular formula is C17H18N2O4. The van der Waals surface area contributed by atoms with E-state index in [0.717, 1.165) is 5.39 Å². The molecule has 1 aliphatic rings. The Kier molecular flexibility index (Phi) is 4.52. The number of aromatic nitrogens is 1. The minimum absolute atomic E-state index is 0.199. The van der Waals surface area contributed by atoms with Crippen molar-refractivity contribution in [2.75, 3.05) is 26.3 Å². The Hall–Kier alpha value is -2.47. The average molecular weight is 314 g/mol. The zero-order valence-electron chi connectivity index (χ0n) is 12.9. The number of benzene rings is 1. The molecule has 1 unspecified atom stereocenters. The molecule has 0 N–H and O–H groups in total. The second kappa shape index (κ2) is 6.75. The first-order valence-corrected chi connectivity index (χ1v) is 7.58. The summed E-state index contributed by atoms with van der Waals surface area (Å²) in [7, 11) is 0. The van der Waals surface area contributed by atoms with Crippen LogP contribution in [0.1, 0.15) is 17.4 Å². The third-order valence-corrected chi connectivity index (χ3v) is 3.76. The van der Waals surface area contributed by atoms with Crippen LogP contribution in [0.15, 0.2) is 36.4 Å². The summed E-state index contributed by atoms with van der Waals surface area (Å²) in [6, 6.07) is 10.9. The van der Waals surface area contributed by atoms with Gasteiger partial charge in [-0.15, -0.1) is 0 Å². The van der Waals surface area contributed by atoms with E-state index in [9.17, 15) is 9.59 Å². The summed E-state index contributed by atoms with van der Waals surface area (Å²) < 4.78 is 10.5. The van der Waals surface area contributed by atoms with Gasteiger partial charge in [0.1, 0.15) is 5.69 Å². The van der Waals surface area contributed by atoms with Gasteiger partial charge in [-0.2, -0.15) is 0 Å². The summed E-state index contributed by atoms with van der Waals surface area (Å²) in [5, 5.41) is 0.946. The largest absolute Gasteiger partial charge is 0.448 e. The van der Waals surface area contributed by atoms with Crippen LogP contribution in [-0.4, -0.2) is 54.2 Å². The maximum absolute atomic E-state index is 12.2. The lowest BCUT2D eigenvalue weighted by molar-refractivity contribution is -0.143. The molecule has 23 heavy (non-hydrogen) atoms. The lowest BCUT2D eigenvalue weighted by atomic mass is 10.2. The molecule has 3 rings (SSSR count). The van der Waals surface area contributed by atoms with Crippen molar-refractivity contribution in [3.05, 3.63) is 42.1 Å². The van der Waals surface area contributed by atoms with Crippen molar-refractivity contribution in [3.63, 3.8) is 0 Å². The van der Waals surface area contributed by atoms with Gasteiger partial charge in [0, 0.05) is 18.5 Å². The first-order chi connectivity index (χ1) is 11.1. The number of carbonyl (C=O) groups is 2. The number of hydrogen-bond acceptors (Lipinski definition) is 5. The Bertz CT molecular complexity index is 725. The van der Waals surface area contributed by atoms with Crippen LogP contribution in [0.3, 0.4) is 0 Å². The van der Waals surface area contributed by atoms with Crippen LogP contribution < -0.4 is 0 Å². The Morgan fingerprint density at radius 1 is 1.17 bits per heavy atom. The number of fused-ring (bicyclic) bond motifs is 1. The number of carbonyl (C=O) groups excluding carboxylic acids is 2. The SMILES string of the molecule is CC(OC(=O)c1ccc2ccccc2n1)C(=O)N1CCOCC1. The highest BCUT2D eigenvalue weighted by Gasteiger charge is 2.26. The van der Waals surface area contributed by atoms with Gasteiger partial charge in [-0.25, -0.2) is 9.78 Å². The van der Waals surface area contributed by atoms with Crippen molar-refractivity contribution in [1.82, 2.24) is 9.88 Å². The maximum Gasteiger partial charge on any atom is 0.357 e. The van der Waals surface area contributed by atoms with E-state index >= 15 is 0 Å². The number of hydrogen-bond donors (Lipinski definition) is 0. The molecule has 0 saturated carbocycles. The number of esters is 1. The highest BCUT2D eigenvalue weighted by Crippen LogP contribution is 2.13. The van der Waals surface area contributed by atoms with E-state index in [2.05, 4.69) is 4.98 Å². The van der Waals surface area contributed by atoms with Gasteiger partial charge < -0.3 is 14.4 Å². The lowest BCUT2D eigenvalue weighted by Gasteiger charge is -2.28. The number of rotatable bonds is 3. The molecule has 2 heterocycles. The normalized spacial score (nSPS) is 16.1. The zero-order valence-corrected chi connectivity index (χ0v) is 12.9. The summed E-state index contributed by atoms with van der Waals surface area (Å²) in [6.45, 7) is 3.65. The molecule has 2 aromatic rings. The average Bonchev–Trinajstić information content (AvgIpc) is 2.61. The molecular weight excluding hydrogens is 296 g/mol. The van der Waals surface area contributed by atoms with E-state index < -0.39 is 12.1 Å². The van der Waals surface area contributed by atoms with Gasteiger partial charge in [-0.05, 0) is 19.1 Å². The van der Waals surface area contributed by atoms with Crippen LogP contribution in [0.4, 0.5) is 0 Å². The van der Waals surface area contributed by atoms with Gasteiger partial charge in [-0.1, -0.05) is 24.3 Å². The molecule has 6 heteroatoms. The first kappa shape index (κ1) is 15.4. The number of ether oxygens (including phenoxy) is 2. The van der Waals surface area contributed by atoms with Gasteiger partial charge in [0.25, 0.3) is 5.91 Å². The van der Waals surface area contributed by atoms with Crippen LogP contribution in [0.25, 0.3) is 10.9 Å². The number of nitrogens with zero attached hydrogens (tertiary/aromatic N) is 2. The molecule has 1 atom stereocenters. The molecule has 0 radical (unpaired) electrons. The number of amides is 1. The Morgan fingerprint density at radius 2 is 1.91 bits per heavy atom. The van der Waals surface area contributed by atoms with E-state index in [1.54, 1.807) is 17.9 Å². The Labute approximate surface area is 134 Å². The molecule has 1 aromatic carbocycles. The van der Waals surface area contributed by atoms with Crippen LogP contribution in [0, 0.1) is 0 Å². The number of morpholine rings is 1. The molecule has 1 amide bonds. The van der Waals surface area contributed by atoms with Crippen LogP contribution >= 0.6 is 0 Å². The second-order valence-electron chi connectivity index (χ2n) is 5.37. The molecule has 1 saturated heterocycles. The number of para-hydroxylation sites is 1. The summed E-state index contributed by atoms with van der Waals surface area (Å²) in [6.07, 6.45) is -0.839. The number of pyridine rings is 1. The van der Waals surface area contributed by atoms with Crippen LogP contribution in [0.5, 0.6) is 0 Å². The molecule has 1 aromatic heterocycles. The quantitative estimate of drug-likeness (QED) is 0.806. The smallest absolute Gasteiger partial charge is 0.357 e. The van der Waals surface area contributed by atoms with Gasteiger partial charge in [0.2, 0.25) is 0 Å². The fourth-order valence-corrected chi connectivity index (χ4v) is 2.49. The minimum atomic E-state index is -0.839. The van der Waals surface area contributed by atoms with E-state index in [4.69, 9.17) is 9.47 Å². The summed E-state index contributed by atoms with van der Waals surface area (Å²) in [5.41, 5.74) is 0.916. The van der Waals surface area contributed by atoms with E-state index in [-0.39, 0.29) is 11.6 Å². The molecule has 6 nitrogen and oxygen atoms in total. The maximum atomic E-state index is 12.2. The summed E-state index contributed by atoms with van der Waals surface area (Å²) in [4.78, 5) is 30.4. The van der Waals surface area contributed by atoms with Crippen molar-refractivity contribution in [2.45, 2.75) is 13.0 Å². The van der Waals surface area contributed by atoms with Crippen LogP contribution in [-0.2, 0) is 14.3 Å². The topological polar surface area (TPSA) is 68.7 Å². The van der Waals surface area contributed by atoms with Crippen molar-refractivity contribution in [1.29, 1.82) is 0 Å². The van der Waals surface area contributed by atoms with Gasteiger partial charge in [0.05, 0.1) is 18.7 Å². The third-order valence-electron chi connectivity index (χ3n) is 3.76. The first-order valence-electron chi connectivity index (χ1n) is 7.58. The van der Waals surface area contributed by atoms with Crippen molar-refractivity contribution in [3.8, 4) is 0 Å². The Balaban J connectivity index is 1.68. The zero-order chi connectivity index (χ0) is 16.2. The van der Waals surface area contributed by atoms with Gasteiger partial charge >= 0.3 is 5.97 Å². The van der Waals surface area contributed by atoms with Gasteiger partial charge in [-0.3, -0.25) is 4.79 Å². The summed E-state index contributed by atoms with van der Waals surface area (Å²) >= 11 is 0. The van der Waals surface area contributed by atoms with Crippen molar-refractivity contribution in [2.24, 2.45) is 0 Å². The monoisotopic (exact) mass is 314 g/mol. The van der Waals surface area contributed by atoms with Crippen molar-refractivity contribution < 1.29 is 19.1 Å².